The van der Waals surface area contributed by atoms with Crippen molar-refractivity contribution >= 4 is 23.2 Å². The van der Waals surface area contributed by atoms with Gasteiger partial charge in [0.15, 0.2) is 0 Å². The maximum atomic E-state index is 12.4. The molecule has 1 aliphatic heterocycles. The number of carbonyl (C=O) groups is 1. The molecule has 0 unspecified atom stereocenters. The number of nitrogens with zero attached hydrogens (tertiary/aromatic N) is 1. The van der Waals surface area contributed by atoms with E-state index in [0.29, 0.717) is 5.57 Å². The number of aromatic nitrogens is 1. The lowest BCUT2D eigenvalue weighted by Crippen LogP contribution is -2.03. The molecule has 1 amide bonds. The predicted octanol–water partition coefficient (Wildman–Crippen LogP) is 4.55. The minimum absolute atomic E-state index is 0.0612. The number of hydrogen-bond donors (Lipinski definition) is 1. The zero-order valence-corrected chi connectivity index (χ0v) is 13.3. The van der Waals surface area contributed by atoms with E-state index < -0.39 is 0 Å². The lowest BCUT2D eigenvalue weighted by Gasteiger charge is -2.04. The molecule has 0 aliphatic carbocycles. The number of nitrogens with one attached hydrogen (secondary N) is 1. The van der Waals surface area contributed by atoms with Crippen molar-refractivity contribution in [2.75, 3.05) is 5.32 Å². The second kappa shape index (κ2) is 5.78. The van der Waals surface area contributed by atoms with Crippen LogP contribution in [0.5, 0.6) is 0 Å². The highest BCUT2D eigenvalue weighted by Crippen LogP contribution is 2.36. The molecule has 3 aromatic rings. The Hall–Kier alpha value is -3.20. The van der Waals surface area contributed by atoms with Crippen molar-refractivity contribution < 1.29 is 4.79 Å². The van der Waals surface area contributed by atoms with Gasteiger partial charge in [0, 0.05) is 34.8 Å². The molecular weight excluding hydrogens is 296 g/mol. The lowest BCUT2D eigenvalue weighted by molar-refractivity contribution is -0.110. The summed E-state index contributed by atoms with van der Waals surface area (Å²) >= 11 is 0. The Labute approximate surface area is 140 Å². The van der Waals surface area contributed by atoms with E-state index in [1.165, 1.54) is 5.56 Å². The Morgan fingerprint density at radius 2 is 1.83 bits per heavy atom. The standard InChI is InChI=1S/C21H16N2O/c1-14-4-6-15(7-5-14)11-19-18-9-8-16(12-20(18)23-21(19)24)17-3-2-10-22-13-17/h2-13H,1H3,(H,23,24)/b19-11-. The summed E-state index contributed by atoms with van der Waals surface area (Å²) in [6, 6.07) is 18.1. The van der Waals surface area contributed by atoms with E-state index in [-0.39, 0.29) is 5.91 Å². The lowest BCUT2D eigenvalue weighted by atomic mass is 10.00. The molecule has 4 rings (SSSR count). The minimum atomic E-state index is -0.0612. The third-order valence-electron chi connectivity index (χ3n) is 4.19. The Balaban J connectivity index is 1.74. The van der Waals surface area contributed by atoms with Crippen molar-refractivity contribution in [3.63, 3.8) is 0 Å². The number of rotatable bonds is 2. The van der Waals surface area contributed by atoms with Crippen molar-refractivity contribution in [3.8, 4) is 11.1 Å². The fraction of sp³-hybridized carbons (Fsp3) is 0.0476. The summed E-state index contributed by atoms with van der Waals surface area (Å²) in [6.45, 7) is 2.05. The van der Waals surface area contributed by atoms with Gasteiger partial charge in [0.1, 0.15) is 0 Å². The summed E-state index contributed by atoms with van der Waals surface area (Å²) in [7, 11) is 0. The maximum absolute atomic E-state index is 12.4. The second-order valence-corrected chi connectivity index (χ2v) is 5.92. The minimum Gasteiger partial charge on any atom is -0.321 e. The number of fused-ring (bicyclic) bond motifs is 1. The van der Waals surface area contributed by atoms with Gasteiger partial charge in [-0.3, -0.25) is 9.78 Å². The Bertz CT molecular complexity index is 941. The fourth-order valence-electron chi connectivity index (χ4n) is 2.88. The summed E-state index contributed by atoms with van der Waals surface area (Å²) in [4.78, 5) is 16.5. The Morgan fingerprint density at radius 3 is 2.58 bits per heavy atom. The first-order chi connectivity index (χ1) is 11.7. The van der Waals surface area contributed by atoms with Crippen molar-refractivity contribution in [2.24, 2.45) is 0 Å². The molecule has 0 fully saturated rings. The monoisotopic (exact) mass is 312 g/mol. The smallest absolute Gasteiger partial charge is 0.256 e. The molecule has 3 heteroatoms. The van der Waals surface area contributed by atoms with Gasteiger partial charge >= 0.3 is 0 Å². The van der Waals surface area contributed by atoms with Gasteiger partial charge in [-0.05, 0) is 36.3 Å². The van der Waals surface area contributed by atoms with E-state index in [1.807, 2.05) is 66.9 Å². The van der Waals surface area contributed by atoms with Crippen LogP contribution < -0.4 is 5.32 Å². The van der Waals surface area contributed by atoms with Crippen molar-refractivity contribution in [1.29, 1.82) is 0 Å². The van der Waals surface area contributed by atoms with Gasteiger partial charge in [-0.1, -0.05) is 48.0 Å². The van der Waals surface area contributed by atoms with E-state index in [2.05, 4.69) is 17.2 Å². The van der Waals surface area contributed by atoms with Crippen LogP contribution in [0.4, 0.5) is 5.69 Å². The van der Waals surface area contributed by atoms with Crippen LogP contribution in [-0.2, 0) is 4.79 Å². The molecular formula is C21H16N2O. The SMILES string of the molecule is Cc1ccc(/C=C2\C(=O)Nc3cc(-c4cccnc4)ccc32)cc1. The first-order valence-corrected chi connectivity index (χ1v) is 7.85. The van der Waals surface area contributed by atoms with Crippen LogP contribution >= 0.6 is 0 Å². The molecule has 1 aromatic heterocycles. The third kappa shape index (κ3) is 2.61. The highest BCUT2D eigenvalue weighted by molar-refractivity contribution is 6.35. The molecule has 0 saturated carbocycles. The number of anilines is 1. The Kier molecular flexibility index (Phi) is 3.47. The van der Waals surface area contributed by atoms with Gasteiger partial charge in [-0.15, -0.1) is 0 Å². The maximum Gasteiger partial charge on any atom is 0.256 e. The van der Waals surface area contributed by atoms with Crippen LogP contribution in [0.25, 0.3) is 22.8 Å². The van der Waals surface area contributed by atoms with Gasteiger partial charge < -0.3 is 5.32 Å². The molecule has 3 nitrogen and oxygen atoms in total. The number of benzene rings is 2. The fourth-order valence-corrected chi connectivity index (χ4v) is 2.88. The molecule has 2 heterocycles. The summed E-state index contributed by atoms with van der Waals surface area (Å²) in [5.74, 6) is -0.0612. The van der Waals surface area contributed by atoms with Gasteiger partial charge in [-0.2, -0.15) is 0 Å². The topological polar surface area (TPSA) is 42.0 Å². The second-order valence-electron chi connectivity index (χ2n) is 5.92. The molecule has 24 heavy (non-hydrogen) atoms. The zero-order valence-electron chi connectivity index (χ0n) is 13.3. The zero-order chi connectivity index (χ0) is 16.5. The van der Waals surface area contributed by atoms with Crippen LogP contribution in [0.3, 0.4) is 0 Å². The number of pyridine rings is 1. The number of hydrogen-bond acceptors (Lipinski definition) is 2. The van der Waals surface area contributed by atoms with Crippen LogP contribution in [0.2, 0.25) is 0 Å². The number of carbonyl (C=O) groups excluding carboxylic acids is 1. The first-order valence-electron chi connectivity index (χ1n) is 7.85. The van der Waals surface area contributed by atoms with Crippen LogP contribution in [0, 0.1) is 6.92 Å². The summed E-state index contributed by atoms with van der Waals surface area (Å²) in [6.07, 6.45) is 5.51. The average Bonchev–Trinajstić information content (AvgIpc) is 2.92. The molecule has 116 valence electrons. The summed E-state index contributed by atoms with van der Waals surface area (Å²) in [5.41, 5.74) is 6.79. The van der Waals surface area contributed by atoms with Crippen LogP contribution in [0.1, 0.15) is 16.7 Å². The van der Waals surface area contributed by atoms with Gasteiger partial charge in [-0.25, -0.2) is 0 Å². The van der Waals surface area contributed by atoms with Crippen LogP contribution in [0.15, 0.2) is 67.0 Å². The molecule has 0 saturated heterocycles. The van der Waals surface area contributed by atoms with Crippen molar-refractivity contribution in [2.45, 2.75) is 6.92 Å². The van der Waals surface area contributed by atoms with E-state index in [4.69, 9.17) is 0 Å². The quantitative estimate of drug-likeness (QED) is 0.705. The first kappa shape index (κ1) is 14.4. The third-order valence-corrected chi connectivity index (χ3v) is 4.19. The van der Waals surface area contributed by atoms with Gasteiger partial charge in [0.25, 0.3) is 5.91 Å². The van der Waals surface area contributed by atoms with E-state index in [0.717, 1.165) is 27.9 Å². The van der Waals surface area contributed by atoms with E-state index in [1.54, 1.807) is 6.20 Å². The molecule has 0 bridgehead atoms. The van der Waals surface area contributed by atoms with E-state index >= 15 is 0 Å². The average molecular weight is 312 g/mol. The van der Waals surface area contributed by atoms with Gasteiger partial charge in [0.2, 0.25) is 0 Å². The number of aryl methyl sites for hydroxylation is 1. The van der Waals surface area contributed by atoms with Crippen molar-refractivity contribution in [3.05, 3.63) is 83.7 Å². The summed E-state index contributed by atoms with van der Waals surface area (Å²) in [5, 5.41) is 2.96. The van der Waals surface area contributed by atoms with Crippen LogP contribution in [-0.4, -0.2) is 10.9 Å². The molecule has 0 spiro atoms. The molecule has 2 aromatic carbocycles. The molecule has 0 radical (unpaired) electrons. The largest absolute Gasteiger partial charge is 0.321 e. The normalized spacial score (nSPS) is 14.5. The molecule has 1 N–H and O–H groups in total. The van der Waals surface area contributed by atoms with E-state index in [9.17, 15) is 4.79 Å². The van der Waals surface area contributed by atoms with Gasteiger partial charge in [0.05, 0.1) is 0 Å². The Morgan fingerprint density at radius 1 is 1.00 bits per heavy atom. The molecule has 1 aliphatic rings. The van der Waals surface area contributed by atoms with Crippen molar-refractivity contribution in [1.82, 2.24) is 4.98 Å². The predicted molar refractivity (Wildman–Crippen MR) is 97.4 cm³/mol. The number of amides is 1. The summed E-state index contributed by atoms with van der Waals surface area (Å²) < 4.78 is 0. The highest BCUT2D eigenvalue weighted by atomic mass is 16.2. The highest BCUT2D eigenvalue weighted by Gasteiger charge is 2.24. The molecule has 0 atom stereocenters.